The van der Waals surface area contributed by atoms with Gasteiger partial charge < -0.3 is 19.3 Å². The average Bonchev–Trinajstić information content (AvgIpc) is 2.47. The zero-order chi connectivity index (χ0) is 15.0. The predicted octanol–water partition coefficient (Wildman–Crippen LogP) is 3.08. The van der Waals surface area contributed by atoms with Crippen LogP contribution in [0, 0.1) is 5.92 Å². The molecule has 1 aromatic rings. The van der Waals surface area contributed by atoms with E-state index in [0.29, 0.717) is 18.9 Å². The third kappa shape index (κ3) is 2.74. The molecule has 1 N–H and O–H groups in total. The van der Waals surface area contributed by atoms with Crippen LogP contribution in [0.1, 0.15) is 44.8 Å². The smallest absolute Gasteiger partial charge is 0.126 e. The van der Waals surface area contributed by atoms with Gasteiger partial charge in [-0.2, -0.15) is 0 Å². The zero-order valence-electron chi connectivity index (χ0n) is 13.0. The van der Waals surface area contributed by atoms with E-state index < -0.39 is 6.10 Å². The molecule has 0 amide bonds. The minimum atomic E-state index is -0.505. The van der Waals surface area contributed by atoms with Gasteiger partial charge in [-0.05, 0) is 24.1 Å². The summed E-state index contributed by atoms with van der Waals surface area (Å²) in [5.74, 6) is 1.98. The average molecular weight is 292 g/mol. The molecule has 0 aliphatic carbocycles. The van der Waals surface area contributed by atoms with Gasteiger partial charge in [0.25, 0.3) is 0 Å². The van der Waals surface area contributed by atoms with Crippen LogP contribution >= 0.6 is 0 Å². The summed E-state index contributed by atoms with van der Waals surface area (Å²) in [7, 11) is 1.63. The van der Waals surface area contributed by atoms with Crippen LogP contribution in [0.25, 0.3) is 0 Å². The normalized spacial score (nSPS) is 31.9. The standard InChI is InChI=1S/C17H24O4/c1-11(2)16-10-17(6-7-20-16)9-14(18)13-8-12(19-3)4-5-15(13)21-17/h4-5,8,11,14,16,18H,6-7,9-10H2,1-3H3/t14-,16?,17?/m1/s1. The Hall–Kier alpha value is -1.26. The second kappa shape index (κ2) is 5.50. The van der Waals surface area contributed by atoms with Crippen molar-refractivity contribution in [2.45, 2.75) is 50.9 Å². The molecular weight excluding hydrogens is 268 g/mol. The first-order valence-corrected chi connectivity index (χ1v) is 7.70. The maximum atomic E-state index is 10.5. The van der Waals surface area contributed by atoms with Crippen LogP contribution in [-0.4, -0.2) is 30.5 Å². The molecule has 2 heterocycles. The Morgan fingerprint density at radius 1 is 1.33 bits per heavy atom. The SMILES string of the molecule is COc1ccc2c(c1)[C@H](O)CC1(CCOC(C(C)C)C1)O2. The monoisotopic (exact) mass is 292 g/mol. The second-order valence-electron chi connectivity index (χ2n) is 6.52. The van der Waals surface area contributed by atoms with Crippen molar-refractivity contribution in [3.8, 4) is 11.5 Å². The van der Waals surface area contributed by atoms with Gasteiger partial charge in [0.2, 0.25) is 0 Å². The van der Waals surface area contributed by atoms with Crippen LogP contribution in [-0.2, 0) is 4.74 Å². The minimum Gasteiger partial charge on any atom is -0.497 e. The Balaban J connectivity index is 1.87. The second-order valence-corrected chi connectivity index (χ2v) is 6.52. The van der Waals surface area contributed by atoms with E-state index in [-0.39, 0.29) is 11.7 Å². The highest BCUT2D eigenvalue weighted by Gasteiger charge is 2.45. The molecule has 2 aliphatic heterocycles. The van der Waals surface area contributed by atoms with E-state index in [1.165, 1.54) is 0 Å². The summed E-state index contributed by atoms with van der Waals surface area (Å²) < 4.78 is 17.4. The molecule has 1 saturated heterocycles. The molecular formula is C17H24O4. The molecule has 0 bridgehead atoms. The lowest BCUT2D eigenvalue weighted by atomic mass is 9.79. The van der Waals surface area contributed by atoms with Crippen molar-refractivity contribution < 1.29 is 19.3 Å². The van der Waals surface area contributed by atoms with Crippen molar-refractivity contribution in [1.29, 1.82) is 0 Å². The molecule has 21 heavy (non-hydrogen) atoms. The Labute approximate surface area is 126 Å². The molecule has 0 aromatic heterocycles. The Morgan fingerprint density at radius 2 is 2.14 bits per heavy atom. The van der Waals surface area contributed by atoms with Crippen molar-refractivity contribution in [2.24, 2.45) is 5.92 Å². The van der Waals surface area contributed by atoms with E-state index in [1.807, 2.05) is 18.2 Å². The highest BCUT2D eigenvalue weighted by molar-refractivity contribution is 5.43. The fourth-order valence-corrected chi connectivity index (χ4v) is 3.37. The number of aliphatic hydroxyl groups excluding tert-OH is 1. The number of benzene rings is 1. The van der Waals surface area contributed by atoms with Gasteiger partial charge in [-0.25, -0.2) is 0 Å². The first-order chi connectivity index (χ1) is 10.0. The highest BCUT2D eigenvalue weighted by Crippen LogP contribution is 2.46. The molecule has 116 valence electrons. The maximum absolute atomic E-state index is 10.5. The van der Waals surface area contributed by atoms with Gasteiger partial charge in [-0.1, -0.05) is 13.8 Å². The van der Waals surface area contributed by atoms with Crippen molar-refractivity contribution in [1.82, 2.24) is 0 Å². The van der Waals surface area contributed by atoms with Gasteiger partial charge in [0.05, 0.1) is 25.9 Å². The summed E-state index contributed by atoms with van der Waals surface area (Å²) in [5.41, 5.74) is 0.529. The number of hydrogen-bond donors (Lipinski definition) is 1. The third-order valence-electron chi connectivity index (χ3n) is 4.67. The lowest BCUT2D eigenvalue weighted by Gasteiger charge is -2.46. The van der Waals surface area contributed by atoms with Gasteiger partial charge in [-0.15, -0.1) is 0 Å². The Bertz CT molecular complexity index is 514. The van der Waals surface area contributed by atoms with E-state index >= 15 is 0 Å². The van der Waals surface area contributed by atoms with Gasteiger partial charge >= 0.3 is 0 Å². The van der Waals surface area contributed by atoms with Crippen molar-refractivity contribution in [2.75, 3.05) is 13.7 Å². The molecule has 3 rings (SSSR count). The highest BCUT2D eigenvalue weighted by atomic mass is 16.5. The summed E-state index contributed by atoms with van der Waals surface area (Å²) in [6.07, 6.45) is 1.99. The van der Waals surface area contributed by atoms with E-state index in [0.717, 1.165) is 29.9 Å². The predicted molar refractivity (Wildman–Crippen MR) is 79.7 cm³/mol. The summed E-state index contributed by atoms with van der Waals surface area (Å²) in [6, 6.07) is 5.65. The first-order valence-electron chi connectivity index (χ1n) is 7.70. The lowest BCUT2D eigenvalue weighted by Crippen LogP contribution is -2.49. The Kier molecular flexibility index (Phi) is 3.84. The molecule has 0 saturated carbocycles. The lowest BCUT2D eigenvalue weighted by molar-refractivity contribution is -0.127. The molecule has 4 heteroatoms. The fourth-order valence-electron chi connectivity index (χ4n) is 3.37. The van der Waals surface area contributed by atoms with E-state index in [1.54, 1.807) is 7.11 Å². The van der Waals surface area contributed by atoms with Crippen molar-refractivity contribution >= 4 is 0 Å². The summed E-state index contributed by atoms with van der Waals surface area (Å²) in [4.78, 5) is 0. The van der Waals surface area contributed by atoms with Gasteiger partial charge in [-0.3, -0.25) is 0 Å². The number of rotatable bonds is 2. The molecule has 2 unspecified atom stereocenters. The van der Waals surface area contributed by atoms with Crippen LogP contribution < -0.4 is 9.47 Å². The fraction of sp³-hybridized carbons (Fsp3) is 0.647. The molecule has 1 spiro atoms. The number of aliphatic hydroxyl groups is 1. The van der Waals surface area contributed by atoms with Gasteiger partial charge in [0.1, 0.15) is 17.1 Å². The largest absolute Gasteiger partial charge is 0.497 e. The van der Waals surface area contributed by atoms with E-state index in [2.05, 4.69) is 13.8 Å². The summed E-state index contributed by atoms with van der Waals surface area (Å²) in [5, 5.41) is 10.5. The Morgan fingerprint density at radius 3 is 2.86 bits per heavy atom. The molecule has 1 fully saturated rings. The molecule has 1 aromatic carbocycles. The molecule has 3 atom stereocenters. The van der Waals surface area contributed by atoms with Crippen LogP contribution in [0.2, 0.25) is 0 Å². The van der Waals surface area contributed by atoms with Crippen molar-refractivity contribution in [3.05, 3.63) is 23.8 Å². The minimum absolute atomic E-state index is 0.200. The van der Waals surface area contributed by atoms with Crippen LogP contribution in [0.4, 0.5) is 0 Å². The van der Waals surface area contributed by atoms with Gasteiger partial charge in [0.15, 0.2) is 0 Å². The number of fused-ring (bicyclic) bond motifs is 1. The van der Waals surface area contributed by atoms with Crippen LogP contribution in [0.5, 0.6) is 11.5 Å². The first kappa shape index (κ1) is 14.7. The van der Waals surface area contributed by atoms with Gasteiger partial charge in [0, 0.05) is 24.8 Å². The van der Waals surface area contributed by atoms with Crippen LogP contribution in [0.15, 0.2) is 18.2 Å². The van der Waals surface area contributed by atoms with E-state index in [9.17, 15) is 5.11 Å². The molecule has 4 nitrogen and oxygen atoms in total. The number of hydrogen-bond acceptors (Lipinski definition) is 4. The third-order valence-corrected chi connectivity index (χ3v) is 4.67. The maximum Gasteiger partial charge on any atom is 0.126 e. The van der Waals surface area contributed by atoms with Crippen LogP contribution in [0.3, 0.4) is 0 Å². The quantitative estimate of drug-likeness (QED) is 0.910. The summed E-state index contributed by atoms with van der Waals surface area (Å²) >= 11 is 0. The number of ether oxygens (including phenoxy) is 3. The summed E-state index contributed by atoms with van der Waals surface area (Å²) in [6.45, 7) is 5.03. The topological polar surface area (TPSA) is 47.9 Å². The van der Waals surface area contributed by atoms with Crippen molar-refractivity contribution in [3.63, 3.8) is 0 Å². The zero-order valence-corrected chi connectivity index (χ0v) is 13.0. The molecule has 0 radical (unpaired) electrons. The number of methoxy groups -OCH3 is 1. The molecule has 2 aliphatic rings. The van der Waals surface area contributed by atoms with E-state index in [4.69, 9.17) is 14.2 Å².